The van der Waals surface area contributed by atoms with Crippen molar-refractivity contribution in [1.29, 1.82) is 0 Å². The van der Waals surface area contributed by atoms with Gasteiger partial charge in [-0.3, -0.25) is 9.98 Å². The number of aliphatic imine (C=N–C) groups is 2. The molecule has 0 aliphatic carbocycles. The highest BCUT2D eigenvalue weighted by Gasteiger charge is 2.18. The van der Waals surface area contributed by atoms with Crippen molar-refractivity contribution in [3.8, 4) is 0 Å². The Morgan fingerprint density at radius 2 is 1.48 bits per heavy atom. The molecule has 0 radical (unpaired) electrons. The third-order valence-corrected chi connectivity index (χ3v) is 4.86. The molecule has 4 nitrogen and oxygen atoms in total. The van der Waals surface area contributed by atoms with Gasteiger partial charge in [-0.1, -0.05) is 48.5 Å². The van der Waals surface area contributed by atoms with Gasteiger partial charge in [0.05, 0.1) is 22.2 Å². The van der Waals surface area contributed by atoms with Crippen LogP contribution in [0.15, 0.2) is 70.6 Å². The Labute approximate surface area is 155 Å². The molecule has 0 saturated heterocycles. The molecule has 128 valence electrons. The van der Waals surface area contributed by atoms with E-state index in [0.717, 1.165) is 49.3 Å². The van der Waals surface area contributed by atoms with Crippen LogP contribution < -0.4 is 0 Å². The van der Waals surface area contributed by atoms with E-state index in [2.05, 4.69) is 41.0 Å². The number of aromatic nitrogens is 2. The summed E-state index contributed by atoms with van der Waals surface area (Å²) in [4.78, 5) is 18.8. The predicted octanol–water partition coefficient (Wildman–Crippen LogP) is 6.14. The van der Waals surface area contributed by atoms with Crippen LogP contribution in [0.5, 0.6) is 0 Å². The van der Waals surface area contributed by atoms with Crippen LogP contribution in [0.1, 0.15) is 6.92 Å². The second kappa shape index (κ2) is 5.95. The maximum absolute atomic E-state index is 4.93. The Morgan fingerprint density at radius 3 is 2.22 bits per heavy atom. The van der Waals surface area contributed by atoms with Gasteiger partial charge in [0.1, 0.15) is 11.2 Å². The Balaban J connectivity index is 2.14. The molecule has 0 bridgehead atoms. The second-order valence-electron chi connectivity index (χ2n) is 6.36. The van der Waals surface area contributed by atoms with Gasteiger partial charge in [0.15, 0.2) is 0 Å². The fourth-order valence-electron chi connectivity index (χ4n) is 3.71. The average Bonchev–Trinajstić information content (AvgIpc) is 2.72. The molecule has 4 aromatic carbocycles. The maximum Gasteiger partial charge on any atom is 0.118 e. The number of nitrogens with zero attached hydrogens (tertiary/aromatic N) is 4. The number of para-hydroxylation sites is 2. The van der Waals surface area contributed by atoms with E-state index in [9.17, 15) is 0 Å². The summed E-state index contributed by atoms with van der Waals surface area (Å²) in [5.41, 5.74) is 4.75. The molecule has 0 aliphatic heterocycles. The molecule has 5 aromatic rings. The maximum atomic E-state index is 4.93. The lowest BCUT2D eigenvalue weighted by molar-refractivity contribution is 1.39. The van der Waals surface area contributed by atoms with Gasteiger partial charge in [-0.25, -0.2) is 9.97 Å². The van der Waals surface area contributed by atoms with Gasteiger partial charge in [-0.05, 0) is 36.5 Å². The van der Waals surface area contributed by atoms with Crippen LogP contribution in [-0.4, -0.2) is 22.9 Å². The highest BCUT2D eigenvalue weighted by molar-refractivity contribution is 6.25. The Morgan fingerprint density at radius 1 is 0.778 bits per heavy atom. The summed E-state index contributed by atoms with van der Waals surface area (Å²) in [7, 11) is 0. The predicted molar refractivity (Wildman–Crippen MR) is 115 cm³/mol. The van der Waals surface area contributed by atoms with E-state index in [1.54, 1.807) is 6.21 Å². The summed E-state index contributed by atoms with van der Waals surface area (Å²) in [6.07, 6.45) is 1.76. The minimum absolute atomic E-state index is 0.713. The van der Waals surface area contributed by atoms with Crippen molar-refractivity contribution in [3.63, 3.8) is 0 Å². The van der Waals surface area contributed by atoms with E-state index < -0.39 is 0 Å². The molecular formula is C23H16N4. The first-order valence-electron chi connectivity index (χ1n) is 8.81. The summed E-state index contributed by atoms with van der Waals surface area (Å²) in [6, 6.07) is 20.4. The topological polar surface area (TPSA) is 50.5 Å². The smallest absolute Gasteiger partial charge is 0.118 e. The Hall–Kier alpha value is -3.66. The molecule has 0 fully saturated rings. The van der Waals surface area contributed by atoms with Crippen LogP contribution in [0.25, 0.3) is 43.6 Å². The molecular weight excluding hydrogens is 332 g/mol. The number of rotatable bonds is 2. The van der Waals surface area contributed by atoms with Gasteiger partial charge in [0.2, 0.25) is 0 Å². The third-order valence-electron chi connectivity index (χ3n) is 4.86. The first-order chi connectivity index (χ1) is 13.3. The van der Waals surface area contributed by atoms with Crippen LogP contribution in [0.3, 0.4) is 0 Å². The van der Waals surface area contributed by atoms with Crippen molar-refractivity contribution < 1.29 is 0 Å². The van der Waals surface area contributed by atoms with Gasteiger partial charge in [-0.15, -0.1) is 0 Å². The molecule has 4 heteroatoms. The number of hydrogen-bond acceptors (Lipinski definition) is 4. The lowest BCUT2D eigenvalue weighted by Crippen LogP contribution is -1.91. The lowest BCUT2D eigenvalue weighted by Gasteiger charge is -2.13. The van der Waals surface area contributed by atoms with E-state index in [-0.39, 0.29) is 0 Å². The largest absolute Gasteiger partial charge is 0.262 e. The second-order valence-corrected chi connectivity index (χ2v) is 6.36. The number of benzene rings is 4. The fourth-order valence-corrected chi connectivity index (χ4v) is 3.71. The third kappa shape index (κ3) is 2.23. The lowest BCUT2D eigenvalue weighted by atomic mass is 9.98. The van der Waals surface area contributed by atoms with Gasteiger partial charge in [0.25, 0.3) is 0 Å². The zero-order chi connectivity index (χ0) is 18.4. The quantitative estimate of drug-likeness (QED) is 0.218. The van der Waals surface area contributed by atoms with Gasteiger partial charge >= 0.3 is 0 Å². The van der Waals surface area contributed by atoms with Crippen molar-refractivity contribution >= 4 is 67.9 Å². The monoisotopic (exact) mass is 348 g/mol. The summed E-state index contributed by atoms with van der Waals surface area (Å²) < 4.78 is 0. The Bertz CT molecular complexity index is 1400. The van der Waals surface area contributed by atoms with Gasteiger partial charge in [0, 0.05) is 17.0 Å². The van der Waals surface area contributed by atoms with Crippen LogP contribution >= 0.6 is 0 Å². The first-order valence-corrected chi connectivity index (χ1v) is 8.81. The molecule has 1 aromatic heterocycles. The minimum Gasteiger partial charge on any atom is -0.262 e. The molecule has 0 saturated carbocycles. The SMILES string of the molecule is C=Nc1c(/N=C\C)c2nc3ccccc3nc2c2ccc3ccccc3c12. The highest BCUT2D eigenvalue weighted by Crippen LogP contribution is 2.45. The average molecular weight is 348 g/mol. The van der Waals surface area contributed by atoms with Crippen LogP contribution in [0.4, 0.5) is 11.4 Å². The molecule has 0 amide bonds. The zero-order valence-corrected chi connectivity index (χ0v) is 14.8. The normalized spacial score (nSPS) is 11.9. The number of hydrogen-bond donors (Lipinski definition) is 0. The molecule has 0 spiro atoms. The number of fused-ring (bicyclic) bond motifs is 6. The summed E-state index contributed by atoms with van der Waals surface area (Å²) in [5, 5.41) is 4.29. The molecule has 27 heavy (non-hydrogen) atoms. The molecule has 0 N–H and O–H groups in total. The molecule has 0 aliphatic rings. The van der Waals surface area contributed by atoms with Crippen molar-refractivity contribution in [2.24, 2.45) is 9.98 Å². The van der Waals surface area contributed by atoms with Crippen molar-refractivity contribution in [1.82, 2.24) is 9.97 Å². The summed E-state index contributed by atoms with van der Waals surface area (Å²) in [5.74, 6) is 0. The summed E-state index contributed by atoms with van der Waals surface area (Å²) >= 11 is 0. The first kappa shape index (κ1) is 15.6. The molecule has 1 heterocycles. The van der Waals surface area contributed by atoms with Crippen molar-refractivity contribution in [2.45, 2.75) is 6.92 Å². The van der Waals surface area contributed by atoms with E-state index in [0.29, 0.717) is 5.69 Å². The van der Waals surface area contributed by atoms with E-state index in [1.807, 2.05) is 43.3 Å². The molecule has 0 unspecified atom stereocenters. The Kier molecular flexibility index (Phi) is 3.44. The zero-order valence-electron chi connectivity index (χ0n) is 14.8. The van der Waals surface area contributed by atoms with Crippen LogP contribution in [-0.2, 0) is 0 Å². The van der Waals surface area contributed by atoms with E-state index in [1.165, 1.54) is 0 Å². The minimum atomic E-state index is 0.713. The highest BCUT2D eigenvalue weighted by atomic mass is 14.9. The van der Waals surface area contributed by atoms with Gasteiger partial charge < -0.3 is 0 Å². The summed E-state index contributed by atoms with van der Waals surface area (Å²) in [6.45, 7) is 5.72. The van der Waals surface area contributed by atoms with Gasteiger partial charge in [-0.2, -0.15) is 0 Å². The standard InChI is InChI=1S/C23H16N4/c1-3-25-22-21(24-2)19-15-9-5-4-8-14(15)12-13-16(19)20-23(22)27-18-11-7-6-10-17(18)26-20/h3-13H,2H2,1H3/b25-3-. The van der Waals surface area contributed by atoms with Crippen molar-refractivity contribution in [2.75, 3.05) is 0 Å². The fraction of sp³-hybridized carbons (Fsp3) is 0.0435. The molecule has 0 atom stereocenters. The molecule has 5 rings (SSSR count). The van der Waals surface area contributed by atoms with Crippen LogP contribution in [0, 0.1) is 0 Å². The van der Waals surface area contributed by atoms with Crippen molar-refractivity contribution in [3.05, 3.63) is 60.7 Å². The van der Waals surface area contributed by atoms with E-state index >= 15 is 0 Å². The van der Waals surface area contributed by atoms with Crippen LogP contribution in [0.2, 0.25) is 0 Å². The van der Waals surface area contributed by atoms with E-state index in [4.69, 9.17) is 9.97 Å².